The van der Waals surface area contributed by atoms with Gasteiger partial charge in [0.05, 0.1) is 36.9 Å². The van der Waals surface area contributed by atoms with Crippen LogP contribution in [0.25, 0.3) is 44.4 Å². The highest BCUT2D eigenvalue weighted by molar-refractivity contribution is 5.90. The smallest absolute Gasteiger partial charge is 0.300 e. The fraction of sp³-hybridized carbons (Fsp3) is 0.358. The van der Waals surface area contributed by atoms with Crippen molar-refractivity contribution in [2.45, 2.75) is 93.7 Å². The minimum atomic E-state index is -0.833. The lowest BCUT2D eigenvalue weighted by Gasteiger charge is -2.25. The van der Waals surface area contributed by atoms with E-state index in [9.17, 15) is 0 Å². The first-order chi connectivity index (χ1) is 30.8. The number of aromatic nitrogens is 4. The zero-order valence-corrected chi connectivity index (χ0v) is 40.1. The number of primary amides is 1. The highest BCUT2D eigenvalue weighted by atomic mass is 16.4. The lowest BCUT2D eigenvalue weighted by Crippen LogP contribution is -2.23. The molecule has 4 aromatic carbocycles. The van der Waals surface area contributed by atoms with E-state index in [1.807, 2.05) is 43.7 Å². The number of nitrogens with zero attached hydrogens (tertiary/aromatic N) is 4. The summed E-state index contributed by atoms with van der Waals surface area (Å²) in [4.78, 5) is 38.5. The number of hydrogen-bond acceptors (Lipinski definition) is 7. The van der Waals surface area contributed by atoms with Gasteiger partial charge in [0.1, 0.15) is 11.6 Å². The lowest BCUT2D eigenvalue weighted by atomic mass is 9.98. The summed E-state index contributed by atoms with van der Waals surface area (Å²) in [6, 6.07) is 32.3. The van der Waals surface area contributed by atoms with Gasteiger partial charge in [0.2, 0.25) is 6.41 Å². The third-order valence-corrected chi connectivity index (χ3v) is 9.07. The van der Waals surface area contributed by atoms with Gasteiger partial charge in [0, 0.05) is 31.3 Å². The average molecular weight is 873 g/mol. The molecule has 0 fully saturated rings. The summed E-state index contributed by atoms with van der Waals surface area (Å²) in [6.07, 6.45) is 11.6. The number of carbonyl (C=O) groups is 2. The molecule has 346 valence electrons. The van der Waals surface area contributed by atoms with Gasteiger partial charge in [-0.05, 0) is 86.4 Å². The summed E-state index contributed by atoms with van der Waals surface area (Å²) in [5.41, 5.74) is 13.5. The van der Waals surface area contributed by atoms with Gasteiger partial charge in [0.25, 0.3) is 5.97 Å². The standard InChI is InChI=1S/C36H44N6.C7H8.C4H9N.C3H8.C2H4O2.CH3NO/c1-6-9-26(4)42(19-8-3)25-36-38-23-34(40-36)32-17-16-30-20-29(14-15-31(30)21-32)27-10-12-28(13-11-27)33-22-37-35(39-33)24-41(5)18-7-2;1-7-5-3-2-4-6-7;1-3-4-5-2;1-3-2;1-2(3)4;2-1-3/h10-17,20-23H,4,6-9,18-19,24-25H2,1-3,5H3,(H,37,39)(H,38,40);2-6H,1H3;3,5H,1,4H2,2H3;3H2,1-2H3;1H3,(H,3,4);1H,(H2,2,3). The first-order valence-corrected chi connectivity index (χ1v) is 22.3. The van der Waals surface area contributed by atoms with Gasteiger partial charge >= 0.3 is 0 Å². The Morgan fingerprint density at radius 2 is 1.23 bits per heavy atom. The fourth-order valence-electron chi connectivity index (χ4n) is 6.26. The van der Waals surface area contributed by atoms with Crippen LogP contribution in [0.5, 0.6) is 0 Å². The largest absolute Gasteiger partial charge is 0.481 e. The first kappa shape index (κ1) is 55.7. The van der Waals surface area contributed by atoms with Crippen molar-refractivity contribution in [2.24, 2.45) is 5.73 Å². The van der Waals surface area contributed by atoms with Crippen LogP contribution in [0.4, 0.5) is 0 Å². The summed E-state index contributed by atoms with van der Waals surface area (Å²) < 4.78 is 0. The third-order valence-electron chi connectivity index (χ3n) is 9.07. The number of nitrogens with one attached hydrogen (secondary N) is 3. The predicted molar refractivity (Wildman–Crippen MR) is 271 cm³/mol. The molecule has 2 aromatic heterocycles. The summed E-state index contributed by atoms with van der Waals surface area (Å²) in [6.45, 7) is 26.4. The highest BCUT2D eigenvalue weighted by Crippen LogP contribution is 2.30. The van der Waals surface area contributed by atoms with Crippen molar-refractivity contribution in [1.82, 2.24) is 35.1 Å². The van der Waals surface area contributed by atoms with Crippen LogP contribution in [-0.4, -0.2) is 81.0 Å². The Bertz CT molecular complexity index is 2170. The number of aliphatic carboxylic acids is 1. The summed E-state index contributed by atoms with van der Waals surface area (Å²) in [5, 5.41) is 12.8. The van der Waals surface area contributed by atoms with Crippen molar-refractivity contribution < 1.29 is 14.7 Å². The number of likely N-dealkylation sites (N-methyl/N-ethyl adjacent to an activating group) is 1. The van der Waals surface area contributed by atoms with Crippen molar-refractivity contribution in [3.8, 4) is 33.6 Å². The van der Waals surface area contributed by atoms with Crippen molar-refractivity contribution in [3.05, 3.63) is 146 Å². The number of aromatic amines is 2. The Hall–Kier alpha value is -6.30. The van der Waals surface area contributed by atoms with E-state index < -0.39 is 5.97 Å². The van der Waals surface area contributed by atoms with Crippen molar-refractivity contribution in [1.29, 1.82) is 0 Å². The quantitative estimate of drug-likeness (QED) is 0.0475. The minimum absolute atomic E-state index is 0.250. The maximum Gasteiger partial charge on any atom is 0.300 e. The van der Waals surface area contributed by atoms with Gasteiger partial charge in [-0.3, -0.25) is 14.5 Å². The molecular weight excluding hydrogens is 797 g/mol. The van der Waals surface area contributed by atoms with Gasteiger partial charge in [-0.2, -0.15) is 0 Å². The molecule has 6 aromatic rings. The van der Waals surface area contributed by atoms with Crippen LogP contribution < -0.4 is 11.1 Å². The molecule has 0 saturated heterocycles. The molecule has 11 heteroatoms. The molecular formula is C53H76N8O3. The van der Waals surface area contributed by atoms with E-state index in [1.54, 1.807) is 0 Å². The zero-order valence-electron chi connectivity index (χ0n) is 40.1. The van der Waals surface area contributed by atoms with Crippen molar-refractivity contribution in [2.75, 3.05) is 33.7 Å². The van der Waals surface area contributed by atoms with E-state index in [-0.39, 0.29) is 6.41 Å². The topological polar surface area (TPSA) is 156 Å². The maximum absolute atomic E-state index is 9.00. The Morgan fingerprint density at radius 1 is 0.766 bits per heavy atom. The number of carbonyl (C=O) groups excluding carboxylic acids is 1. The Balaban J connectivity index is 0.000000767. The number of rotatable bonds is 16. The summed E-state index contributed by atoms with van der Waals surface area (Å²) in [5.74, 6) is 1.14. The number of allylic oxidation sites excluding steroid dienone is 1. The third kappa shape index (κ3) is 22.2. The Labute approximate surface area is 383 Å². The second kappa shape index (κ2) is 33.3. The van der Waals surface area contributed by atoms with E-state index in [2.05, 4.69) is 170 Å². The molecule has 0 bridgehead atoms. The molecule has 0 spiro atoms. The SMILES string of the molecule is C=C(CCC)N(CCC)Cc1ncc(-c2ccc3cc(-c4ccc(-c5cnc(CN(C)CCC)[nH]5)cc4)ccc3c2)[nH]1.C=CCNC.CC(=O)O.CCC.Cc1ccccc1.NC=O. The number of carboxylic acid groups (broad SMARTS) is 1. The van der Waals surface area contributed by atoms with E-state index in [0.717, 1.165) is 99.5 Å². The van der Waals surface area contributed by atoms with Crippen molar-refractivity contribution in [3.63, 3.8) is 0 Å². The Morgan fingerprint density at radius 3 is 1.69 bits per heavy atom. The molecule has 64 heavy (non-hydrogen) atoms. The molecule has 0 atom stereocenters. The number of fused-ring (bicyclic) bond motifs is 1. The molecule has 0 aliphatic carbocycles. The average Bonchev–Trinajstić information content (AvgIpc) is 3.95. The number of benzene rings is 4. The molecule has 0 saturated carbocycles. The van der Waals surface area contributed by atoms with Crippen LogP contribution in [-0.2, 0) is 22.7 Å². The Kier molecular flexibility index (Phi) is 29.0. The monoisotopic (exact) mass is 873 g/mol. The number of nitrogens with two attached hydrogens (primary N) is 1. The number of imidazole rings is 2. The normalized spacial score (nSPS) is 9.91. The van der Waals surface area contributed by atoms with E-state index >= 15 is 0 Å². The zero-order chi connectivity index (χ0) is 47.7. The molecule has 6 rings (SSSR count). The molecule has 0 radical (unpaired) electrons. The van der Waals surface area contributed by atoms with Gasteiger partial charge in [0.15, 0.2) is 0 Å². The molecule has 0 unspecified atom stereocenters. The number of aryl methyl sites for hydroxylation is 1. The molecule has 1 amide bonds. The van der Waals surface area contributed by atoms with E-state index in [4.69, 9.17) is 19.7 Å². The van der Waals surface area contributed by atoms with Gasteiger partial charge in [-0.25, -0.2) is 9.97 Å². The van der Waals surface area contributed by atoms with Crippen LogP contribution in [0, 0.1) is 6.92 Å². The van der Waals surface area contributed by atoms with Gasteiger partial charge in [-0.1, -0.05) is 145 Å². The molecule has 11 nitrogen and oxygen atoms in total. The molecule has 6 N–H and O–H groups in total. The van der Waals surface area contributed by atoms with Crippen LogP contribution in [0.1, 0.15) is 90.9 Å². The second-order valence-electron chi connectivity index (χ2n) is 15.2. The van der Waals surface area contributed by atoms with E-state index in [0.29, 0.717) is 0 Å². The van der Waals surface area contributed by atoms with Crippen LogP contribution in [0.15, 0.2) is 128 Å². The number of amides is 1. The molecule has 2 heterocycles. The van der Waals surface area contributed by atoms with Crippen LogP contribution >= 0.6 is 0 Å². The summed E-state index contributed by atoms with van der Waals surface area (Å²) in [7, 11) is 4.02. The predicted octanol–water partition coefficient (Wildman–Crippen LogP) is 11.7. The fourth-order valence-corrected chi connectivity index (χ4v) is 6.26. The number of H-pyrrole nitrogens is 2. The van der Waals surface area contributed by atoms with Crippen LogP contribution in [0.2, 0.25) is 0 Å². The van der Waals surface area contributed by atoms with Gasteiger partial charge < -0.3 is 31.0 Å². The maximum atomic E-state index is 9.00. The second-order valence-corrected chi connectivity index (χ2v) is 15.2. The lowest BCUT2D eigenvalue weighted by molar-refractivity contribution is -0.134. The van der Waals surface area contributed by atoms with Crippen LogP contribution in [0.3, 0.4) is 0 Å². The van der Waals surface area contributed by atoms with E-state index in [1.165, 1.54) is 39.6 Å². The highest BCUT2D eigenvalue weighted by Gasteiger charge is 2.12. The molecule has 0 aliphatic heterocycles. The number of hydrogen-bond donors (Lipinski definition) is 5. The molecule has 0 aliphatic rings. The van der Waals surface area contributed by atoms with Gasteiger partial charge in [-0.15, -0.1) is 6.58 Å². The van der Waals surface area contributed by atoms with Crippen molar-refractivity contribution >= 4 is 23.2 Å². The first-order valence-electron chi connectivity index (χ1n) is 22.3. The summed E-state index contributed by atoms with van der Waals surface area (Å²) >= 11 is 0. The number of carboxylic acids is 1. The minimum Gasteiger partial charge on any atom is -0.481 e.